The van der Waals surface area contributed by atoms with Gasteiger partial charge in [-0.1, -0.05) is 6.58 Å². The second-order valence-electron chi connectivity index (χ2n) is 3.88. The topological polar surface area (TPSA) is 32.3 Å². The van der Waals surface area contributed by atoms with Crippen LogP contribution in [0.4, 0.5) is 5.69 Å². The first-order chi connectivity index (χ1) is 7.63. The molecule has 0 bridgehead atoms. The fourth-order valence-electron chi connectivity index (χ4n) is 1.29. The third kappa shape index (κ3) is 3.87. The van der Waals surface area contributed by atoms with Crippen molar-refractivity contribution >= 4 is 11.5 Å². The van der Waals surface area contributed by atoms with Gasteiger partial charge in [0.05, 0.1) is 0 Å². The Morgan fingerprint density at radius 2 is 2.00 bits per heavy atom. The third-order valence-corrected chi connectivity index (χ3v) is 2.24. The van der Waals surface area contributed by atoms with E-state index in [-0.39, 0.29) is 5.78 Å². The summed E-state index contributed by atoms with van der Waals surface area (Å²) < 4.78 is 0. The lowest BCUT2D eigenvalue weighted by atomic mass is 10.1. The summed E-state index contributed by atoms with van der Waals surface area (Å²) in [7, 11) is 4.07. The Bertz CT molecular complexity index is 355. The maximum atomic E-state index is 11.3. The fourth-order valence-corrected chi connectivity index (χ4v) is 1.29. The molecule has 0 aliphatic carbocycles. The molecule has 0 unspecified atom stereocenters. The van der Waals surface area contributed by atoms with E-state index >= 15 is 0 Å². The number of ketones is 1. The first kappa shape index (κ1) is 12.5. The SMILES string of the molecule is C=CC(=O)c1ccc(NCCN(C)C)cc1. The third-order valence-electron chi connectivity index (χ3n) is 2.24. The number of allylic oxidation sites excluding steroid dienone is 1. The van der Waals surface area contributed by atoms with E-state index in [1.807, 2.05) is 38.4 Å². The normalized spacial score (nSPS) is 10.2. The predicted molar refractivity (Wildman–Crippen MR) is 68.0 cm³/mol. The second-order valence-corrected chi connectivity index (χ2v) is 3.88. The number of carbonyl (C=O) groups excluding carboxylic acids is 1. The van der Waals surface area contributed by atoms with Crippen molar-refractivity contribution in [3.8, 4) is 0 Å². The van der Waals surface area contributed by atoms with Gasteiger partial charge in [0.2, 0.25) is 0 Å². The van der Waals surface area contributed by atoms with Crippen molar-refractivity contribution < 1.29 is 4.79 Å². The molecule has 0 aliphatic heterocycles. The van der Waals surface area contributed by atoms with E-state index in [9.17, 15) is 4.79 Å². The monoisotopic (exact) mass is 218 g/mol. The molecule has 1 aromatic rings. The van der Waals surface area contributed by atoms with Crippen molar-refractivity contribution in [2.75, 3.05) is 32.5 Å². The molecule has 0 aliphatic rings. The van der Waals surface area contributed by atoms with Crippen LogP contribution in [0.15, 0.2) is 36.9 Å². The molecule has 0 radical (unpaired) electrons. The molecule has 86 valence electrons. The summed E-state index contributed by atoms with van der Waals surface area (Å²) >= 11 is 0. The van der Waals surface area contributed by atoms with E-state index in [2.05, 4.69) is 16.8 Å². The van der Waals surface area contributed by atoms with Crippen LogP contribution in [0.5, 0.6) is 0 Å². The summed E-state index contributed by atoms with van der Waals surface area (Å²) in [5.41, 5.74) is 1.70. The van der Waals surface area contributed by atoms with Gasteiger partial charge < -0.3 is 10.2 Å². The fraction of sp³-hybridized carbons (Fsp3) is 0.308. The predicted octanol–water partition coefficient (Wildman–Crippen LogP) is 2.03. The Hall–Kier alpha value is -1.61. The van der Waals surface area contributed by atoms with Gasteiger partial charge in [0.1, 0.15) is 0 Å². The first-order valence-electron chi connectivity index (χ1n) is 5.29. The Balaban J connectivity index is 2.51. The minimum atomic E-state index is -0.0418. The highest BCUT2D eigenvalue weighted by molar-refractivity contribution is 6.04. The van der Waals surface area contributed by atoms with Crippen LogP contribution in [0, 0.1) is 0 Å². The van der Waals surface area contributed by atoms with Gasteiger partial charge in [-0.05, 0) is 44.4 Å². The molecule has 1 rings (SSSR count). The van der Waals surface area contributed by atoms with Gasteiger partial charge >= 0.3 is 0 Å². The maximum Gasteiger partial charge on any atom is 0.185 e. The van der Waals surface area contributed by atoms with E-state index in [0.717, 1.165) is 18.8 Å². The van der Waals surface area contributed by atoms with Crippen LogP contribution in [-0.2, 0) is 0 Å². The molecule has 16 heavy (non-hydrogen) atoms. The lowest BCUT2D eigenvalue weighted by Crippen LogP contribution is -2.20. The van der Waals surface area contributed by atoms with Crippen LogP contribution in [0.2, 0.25) is 0 Å². The lowest BCUT2D eigenvalue weighted by molar-refractivity contribution is 0.104. The summed E-state index contributed by atoms with van der Waals surface area (Å²) in [4.78, 5) is 13.4. The molecule has 0 heterocycles. The van der Waals surface area contributed by atoms with Crippen LogP contribution in [0.25, 0.3) is 0 Å². The van der Waals surface area contributed by atoms with Crippen LogP contribution in [0.1, 0.15) is 10.4 Å². The van der Waals surface area contributed by atoms with Crippen molar-refractivity contribution in [1.82, 2.24) is 4.90 Å². The number of benzene rings is 1. The van der Waals surface area contributed by atoms with Gasteiger partial charge in [-0.3, -0.25) is 4.79 Å². The van der Waals surface area contributed by atoms with Crippen molar-refractivity contribution in [3.63, 3.8) is 0 Å². The average molecular weight is 218 g/mol. The van der Waals surface area contributed by atoms with Gasteiger partial charge in [-0.15, -0.1) is 0 Å². The number of hydrogen-bond acceptors (Lipinski definition) is 3. The van der Waals surface area contributed by atoms with Gasteiger partial charge in [-0.2, -0.15) is 0 Å². The molecule has 0 atom stereocenters. The number of nitrogens with zero attached hydrogens (tertiary/aromatic N) is 1. The number of carbonyl (C=O) groups is 1. The van der Waals surface area contributed by atoms with Gasteiger partial charge in [0.25, 0.3) is 0 Å². The van der Waals surface area contributed by atoms with Crippen LogP contribution < -0.4 is 5.32 Å². The molecule has 3 heteroatoms. The van der Waals surface area contributed by atoms with E-state index in [0.29, 0.717) is 5.56 Å². The van der Waals surface area contributed by atoms with Gasteiger partial charge in [0, 0.05) is 24.3 Å². The van der Waals surface area contributed by atoms with Crippen molar-refractivity contribution in [3.05, 3.63) is 42.5 Å². The second kappa shape index (κ2) is 6.08. The zero-order valence-electron chi connectivity index (χ0n) is 9.86. The maximum absolute atomic E-state index is 11.3. The number of rotatable bonds is 6. The van der Waals surface area contributed by atoms with Crippen molar-refractivity contribution in [1.29, 1.82) is 0 Å². The van der Waals surface area contributed by atoms with E-state index in [1.165, 1.54) is 6.08 Å². The van der Waals surface area contributed by atoms with E-state index in [4.69, 9.17) is 0 Å². The molecule has 1 aromatic carbocycles. The molecular weight excluding hydrogens is 200 g/mol. The lowest BCUT2D eigenvalue weighted by Gasteiger charge is -2.11. The smallest absolute Gasteiger partial charge is 0.185 e. The largest absolute Gasteiger partial charge is 0.384 e. The highest BCUT2D eigenvalue weighted by Crippen LogP contribution is 2.09. The summed E-state index contributed by atoms with van der Waals surface area (Å²) in [6.45, 7) is 5.33. The van der Waals surface area contributed by atoms with Gasteiger partial charge in [-0.25, -0.2) is 0 Å². The average Bonchev–Trinajstić information content (AvgIpc) is 2.28. The zero-order chi connectivity index (χ0) is 12.0. The molecule has 1 N–H and O–H groups in total. The molecule has 0 saturated heterocycles. The summed E-state index contributed by atoms with van der Waals surface area (Å²) in [6, 6.07) is 7.43. The minimum Gasteiger partial charge on any atom is -0.384 e. The number of nitrogens with one attached hydrogen (secondary N) is 1. The van der Waals surface area contributed by atoms with Crippen molar-refractivity contribution in [2.45, 2.75) is 0 Å². The van der Waals surface area contributed by atoms with E-state index in [1.54, 1.807) is 0 Å². The Morgan fingerprint density at radius 3 is 2.50 bits per heavy atom. The molecule has 0 fully saturated rings. The standard InChI is InChI=1S/C13H18N2O/c1-4-13(16)11-5-7-12(8-6-11)14-9-10-15(2)3/h4-8,14H,1,9-10H2,2-3H3. The molecule has 0 aromatic heterocycles. The van der Waals surface area contributed by atoms with Crippen LogP contribution >= 0.6 is 0 Å². The Labute approximate surface area is 96.8 Å². The van der Waals surface area contributed by atoms with Crippen LogP contribution in [-0.4, -0.2) is 37.9 Å². The molecule has 0 saturated carbocycles. The van der Waals surface area contributed by atoms with E-state index < -0.39 is 0 Å². The summed E-state index contributed by atoms with van der Waals surface area (Å²) in [6.07, 6.45) is 1.33. The first-order valence-corrected chi connectivity index (χ1v) is 5.29. The highest BCUT2D eigenvalue weighted by Gasteiger charge is 2.00. The molecular formula is C13H18N2O. The number of hydrogen-bond donors (Lipinski definition) is 1. The minimum absolute atomic E-state index is 0.0418. The molecule has 3 nitrogen and oxygen atoms in total. The van der Waals surface area contributed by atoms with Crippen molar-refractivity contribution in [2.24, 2.45) is 0 Å². The number of anilines is 1. The van der Waals surface area contributed by atoms with Crippen LogP contribution in [0.3, 0.4) is 0 Å². The molecule has 0 amide bonds. The summed E-state index contributed by atoms with van der Waals surface area (Å²) in [5.74, 6) is -0.0418. The number of likely N-dealkylation sites (N-methyl/N-ethyl adjacent to an activating group) is 1. The quantitative estimate of drug-likeness (QED) is 0.585. The Morgan fingerprint density at radius 1 is 1.38 bits per heavy atom. The highest BCUT2D eigenvalue weighted by atomic mass is 16.1. The molecule has 0 spiro atoms. The Kier molecular flexibility index (Phi) is 4.73. The summed E-state index contributed by atoms with van der Waals surface area (Å²) in [5, 5.41) is 3.28. The zero-order valence-corrected chi connectivity index (χ0v) is 9.86. The van der Waals surface area contributed by atoms with Gasteiger partial charge in [0.15, 0.2) is 5.78 Å².